The highest BCUT2D eigenvalue weighted by atomic mass is 35.5. The largest absolute Gasteiger partial charge is 0.417 e. The number of piperazine rings is 1. The Morgan fingerprint density at radius 1 is 1.12 bits per heavy atom. The first kappa shape index (κ1) is 29.9. The number of anilines is 1. The van der Waals surface area contributed by atoms with Gasteiger partial charge in [-0.25, -0.2) is 13.6 Å². The van der Waals surface area contributed by atoms with Gasteiger partial charge in [0.2, 0.25) is 5.91 Å². The average molecular weight is 640 g/mol. The molecule has 3 aromatic rings. The van der Waals surface area contributed by atoms with E-state index in [2.05, 4.69) is 16.5 Å². The number of thioether (sulfide) groups is 1. The van der Waals surface area contributed by atoms with Gasteiger partial charge in [-0.1, -0.05) is 25.1 Å². The molecule has 14 heteroatoms. The average Bonchev–Trinajstić information content (AvgIpc) is 3.14. The summed E-state index contributed by atoms with van der Waals surface area (Å²) in [6, 6.07) is 2.24. The zero-order valence-electron chi connectivity index (χ0n) is 23.1. The number of benzene rings is 2. The van der Waals surface area contributed by atoms with Gasteiger partial charge in [0, 0.05) is 84.5 Å². The monoisotopic (exact) mass is 639 g/mol. The lowest BCUT2D eigenvalue weighted by Crippen LogP contribution is -2.59. The zero-order chi connectivity index (χ0) is 30.8. The second-order valence-corrected chi connectivity index (χ2v) is 12.6. The Balaban J connectivity index is 1.63. The number of rotatable bonds is 4. The van der Waals surface area contributed by atoms with Crippen LogP contribution >= 0.6 is 23.4 Å². The minimum absolute atomic E-state index is 0.0678. The highest BCUT2D eigenvalue weighted by Gasteiger charge is 2.46. The van der Waals surface area contributed by atoms with E-state index in [0.29, 0.717) is 24.9 Å². The highest BCUT2D eigenvalue weighted by Crippen LogP contribution is 2.52. The van der Waals surface area contributed by atoms with Crippen molar-refractivity contribution >= 4 is 46.0 Å². The van der Waals surface area contributed by atoms with Crippen LogP contribution < -0.4 is 10.6 Å². The van der Waals surface area contributed by atoms with Gasteiger partial charge in [0.05, 0.1) is 16.1 Å². The van der Waals surface area contributed by atoms with Gasteiger partial charge in [-0.05, 0) is 24.8 Å². The zero-order valence-corrected chi connectivity index (χ0v) is 24.7. The van der Waals surface area contributed by atoms with E-state index in [0.717, 1.165) is 30.4 Å². The summed E-state index contributed by atoms with van der Waals surface area (Å²) in [5, 5.41) is -0.428. The van der Waals surface area contributed by atoms with Gasteiger partial charge >= 0.3 is 11.9 Å². The Morgan fingerprint density at radius 2 is 1.81 bits per heavy atom. The number of hydrogen-bond donors (Lipinski definition) is 0. The summed E-state index contributed by atoms with van der Waals surface area (Å²) >= 11 is 7.10. The molecule has 3 aliphatic rings. The van der Waals surface area contributed by atoms with Crippen LogP contribution in [-0.4, -0.2) is 76.8 Å². The summed E-state index contributed by atoms with van der Waals surface area (Å²) < 4.78 is 75.5. The Labute approximate surface area is 252 Å². The molecule has 0 saturated carbocycles. The number of hydrogen-bond acceptors (Lipinski definition) is 6. The number of nitrogens with zero attached hydrogens (tertiary/aromatic N) is 5. The van der Waals surface area contributed by atoms with Gasteiger partial charge in [0.15, 0.2) is 0 Å². The second-order valence-electron chi connectivity index (χ2n) is 11.2. The number of carbonyl (C=O) groups excluding carboxylic acids is 1. The molecule has 0 radical (unpaired) electrons. The Kier molecular flexibility index (Phi) is 7.49. The molecule has 7 nitrogen and oxygen atoms in total. The van der Waals surface area contributed by atoms with Gasteiger partial charge in [0.1, 0.15) is 17.5 Å². The van der Waals surface area contributed by atoms with Crippen molar-refractivity contribution in [2.24, 2.45) is 5.41 Å². The van der Waals surface area contributed by atoms with Crippen LogP contribution in [0, 0.1) is 17.0 Å². The third-order valence-electron chi connectivity index (χ3n) is 8.43. The fourth-order valence-corrected chi connectivity index (χ4v) is 7.93. The standard InChI is InChI=1S/C29H27ClF5N5O2S/c1-3-22(41)38-5-7-39(8-6-38)26-17-9-18(29(33,34)35)23(16-10-19(30)21(32)11-20(16)31)25-24(17)40(27(42)36-26)14-28(15-43-25)12-37(4-2)13-28/h3,9-11H,1,4-8,12-15H2,2H3. The maximum atomic E-state index is 15.3. The van der Waals surface area contributed by atoms with Crippen molar-refractivity contribution in [3.63, 3.8) is 0 Å². The lowest BCUT2D eigenvalue weighted by molar-refractivity contribution is -0.137. The van der Waals surface area contributed by atoms with Crippen LogP contribution in [0.3, 0.4) is 0 Å². The number of alkyl halides is 3. The number of carbonyl (C=O) groups is 1. The number of likely N-dealkylation sites (tertiary alicyclic amines) is 1. The molecule has 0 unspecified atom stereocenters. The smallest absolute Gasteiger partial charge is 0.352 e. The second kappa shape index (κ2) is 10.8. The van der Waals surface area contributed by atoms with Crippen LogP contribution in [0.4, 0.5) is 27.8 Å². The lowest BCUT2D eigenvalue weighted by atomic mass is 9.81. The topological polar surface area (TPSA) is 61.7 Å². The van der Waals surface area contributed by atoms with Crippen molar-refractivity contribution in [3.8, 4) is 11.1 Å². The van der Waals surface area contributed by atoms with Crippen LogP contribution in [-0.2, 0) is 17.5 Å². The molecular weight excluding hydrogens is 613 g/mol. The summed E-state index contributed by atoms with van der Waals surface area (Å²) in [4.78, 5) is 35.6. The van der Waals surface area contributed by atoms with E-state index in [9.17, 15) is 27.2 Å². The van der Waals surface area contributed by atoms with Crippen molar-refractivity contribution in [1.29, 1.82) is 0 Å². The van der Waals surface area contributed by atoms with Crippen LogP contribution in [0.2, 0.25) is 5.02 Å². The summed E-state index contributed by atoms with van der Waals surface area (Å²) in [6.45, 7) is 8.77. The van der Waals surface area contributed by atoms with E-state index in [4.69, 9.17) is 11.6 Å². The predicted octanol–water partition coefficient (Wildman–Crippen LogP) is 5.28. The molecule has 6 rings (SSSR count). The van der Waals surface area contributed by atoms with E-state index in [-0.39, 0.29) is 60.2 Å². The Hall–Kier alpha value is -3.16. The first-order valence-corrected chi connectivity index (χ1v) is 15.1. The lowest BCUT2D eigenvalue weighted by Gasteiger charge is -2.49. The van der Waals surface area contributed by atoms with Crippen molar-refractivity contribution < 1.29 is 26.7 Å². The molecule has 1 amide bonds. The highest BCUT2D eigenvalue weighted by molar-refractivity contribution is 7.99. The maximum Gasteiger partial charge on any atom is 0.417 e. The van der Waals surface area contributed by atoms with Crippen LogP contribution in [0.5, 0.6) is 0 Å². The molecule has 228 valence electrons. The van der Waals surface area contributed by atoms with Crippen LogP contribution in [0.1, 0.15) is 12.5 Å². The molecule has 2 fully saturated rings. The van der Waals surface area contributed by atoms with Gasteiger partial charge in [-0.3, -0.25) is 9.36 Å². The normalized spacial score (nSPS) is 18.6. The molecular formula is C29H27ClF5N5O2S. The van der Waals surface area contributed by atoms with E-state index in [1.165, 1.54) is 10.6 Å². The van der Waals surface area contributed by atoms with Gasteiger partial charge in [-0.15, -0.1) is 11.8 Å². The molecule has 0 atom stereocenters. The third kappa shape index (κ3) is 5.08. The molecule has 0 aliphatic carbocycles. The predicted molar refractivity (Wildman–Crippen MR) is 156 cm³/mol. The number of aromatic nitrogens is 2. The molecule has 2 saturated heterocycles. The molecule has 1 spiro atoms. The fraction of sp³-hybridized carbons (Fsp3) is 0.414. The quantitative estimate of drug-likeness (QED) is 0.220. The molecule has 3 aliphatic heterocycles. The summed E-state index contributed by atoms with van der Waals surface area (Å²) in [5.74, 6) is -2.12. The van der Waals surface area contributed by atoms with Gasteiger partial charge in [0.25, 0.3) is 0 Å². The summed E-state index contributed by atoms with van der Waals surface area (Å²) in [5.41, 5.74) is -2.95. The van der Waals surface area contributed by atoms with Crippen LogP contribution in [0.25, 0.3) is 22.0 Å². The Bertz CT molecular complexity index is 1710. The van der Waals surface area contributed by atoms with Gasteiger partial charge in [-0.2, -0.15) is 18.2 Å². The van der Waals surface area contributed by atoms with Crippen molar-refractivity contribution in [1.82, 2.24) is 19.4 Å². The minimum Gasteiger partial charge on any atom is -0.352 e. The van der Waals surface area contributed by atoms with Crippen LogP contribution in [0.15, 0.2) is 40.5 Å². The molecule has 1 aromatic heterocycles. The summed E-state index contributed by atoms with van der Waals surface area (Å²) in [6.07, 6.45) is -3.75. The summed E-state index contributed by atoms with van der Waals surface area (Å²) in [7, 11) is 0. The molecule has 0 bridgehead atoms. The first-order chi connectivity index (χ1) is 20.4. The number of amides is 1. The third-order valence-corrected chi connectivity index (χ3v) is 10.2. The van der Waals surface area contributed by atoms with Crippen molar-refractivity contribution in [2.45, 2.75) is 24.5 Å². The van der Waals surface area contributed by atoms with E-state index in [1.54, 1.807) is 9.80 Å². The number of halogens is 6. The van der Waals surface area contributed by atoms with E-state index >= 15 is 4.39 Å². The minimum atomic E-state index is -4.94. The molecule has 0 N–H and O–H groups in total. The SMILES string of the molecule is C=CC(=O)N1CCN(c2nc(=O)n3c4c(c(-c5cc(Cl)c(F)cc5F)c(C(F)(F)F)cc24)SCC2(CN(CC)C2)C3)CC1. The van der Waals surface area contributed by atoms with E-state index < -0.39 is 50.6 Å². The molecule has 2 aromatic carbocycles. The molecule has 43 heavy (non-hydrogen) atoms. The first-order valence-electron chi connectivity index (χ1n) is 13.7. The maximum absolute atomic E-state index is 15.3. The van der Waals surface area contributed by atoms with Crippen molar-refractivity contribution in [3.05, 3.63) is 63.6 Å². The van der Waals surface area contributed by atoms with E-state index in [1.807, 2.05) is 6.92 Å². The molecule has 4 heterocycles. The Morgan fingerprint density at radius 3 is 2.44 bits per heavy atom. The van der Waals surface area contributed by atoms with Gasteiger partial charge < -0.3 is 14.7 Å². The fourth-order valence-electron chi connectivity index (χ4n) is 6.32. The van der Waals surface area contributed by atoms with Crippen molar-refractivity contribution in [2.75, 3.05) is 56.5 Å².